The van der Waals surface area contributed by atoms with Gasteiger partial charge in [-0.1, -0.05) is 33.7 Å². The highest BCUT2D eigenvalue weighted by molar-refractivity contribution is 8.77. The van der Waals surface area contributed by atoms with Crippen molar-refractivity contribution in [2.24, 2.45) is 0 Å². The highest BCUT2D eigenvalue weighted by Crippen LogP contribution is 2.49. The molecule has 4 atom stereocenters. The minimum Gasteiger partial charge on any atom is -0.462 e. The van der Waals surface area contributed by atoms with Crippen molar-refractivity contribution in [1.82, 2.24) is 0 Å². The maximum absolute atomic E-state index is 12.0. The Bertz CT molecular complexity index is 409. The average Bonchev–Trinajstić information content (AvgIpc) is 2.35. The maximum Gasteiger partial charge on any atom is 0.323 e. The second kappa shape index (κ2) is 5.81. The number of hydrogen-bond acceptors (Lipinski definition) is 6. The van der Waals surface area contributed by atoms with Crippen molar-refractivity contribution in [3.05, 3.63) is 24.1 Å². The van der Waals surface area contributed by atoms with Crippen molar-refractivity contribution in [2.75, 3.05) is 12.4 Å². The Morgan fingerprint density at radius 3 is 3.22 bits per heavy atom. The zero-order valence-corrected chi connectivity index (χ0v) is 12.1. The largest absolute Gasteiger partial charge is 0.462 e. The number of ether oxygens (including phenoxy) is 1. The van der Waals surface area contributed by atoms with E-state index >= 15 is 0 Å². The number of carbonyl (C=O) groups is 1. The number of cyclic esters (lactones) is 1. The number of allylic oxidation sites excluding steroid dienone is 1. The van der Waals surface area contributed by atoms with Gasteiger partial charge in [-0.05, 0) is 11.8 Å². The second-order valence-corrected chi connectivity index (χ2v) is 8.15. The lowest BCUT2D eigenvalue weighted by Gasteiger charge is -2.44. The molecule has 2 heterocycles. The molecule has 0 spiro atoms. The lowest BCUT2D eigenvalue weighted by Crippen LogP contribution is -2.61. The first-order valence-electron chi connectivity index (χ1n) is 5.44. The van der Waals surface area contributed by atoms with Crippen LogP contribution >= 0.6 is 21.6 Å². The van der Waals surface area contributed by atoms with Crippen LogP contribution in [0.3, 0.4) is 0 Å². The molecule has 7 heteroatoms. The lowest BCUT2D eigenvalue weighted by molar-refractivity contribution is -0.154. The van der Waals surface area contributed by atoms with Crippen LogP contribution in [-0.4, -0.2) is 43.7 Å². The summed E-state index contributed by atoms with van der Waals surface area (Å²) in [6, 6.07) is 0. The minimum absolute atomic E-state index is 0.0258. The van der Waals surface area contributed by atoms with Crippen LogP contribution in [0.2, 0.25) is 0 Å². The lowest BCUT2D eigenvalue weighted by atomic mass is 9.91. The SMILES string of the molecule is C=CCSS[C@@]12CC=CS(=O)C1C(=O)OC[C@H]2O. The summed E-state index contributed by atoms with van der Waals surface area (Å²) in [4.78, 5) is 11.8. The molecule has 1 saturated heterocycles. The Labute approximate surface area is 116 Å². The fourth-order valence-corrected chi connectivity index (χ4v) is 6.86. The Morgan fingerprint density at radius 1 is 1.72 bits per heavy atom. The third-order valence-electron chi connectivity index (χ3n) is 2.90. The first-order valence-corrected chi connectivity index (χ1v) is 9.03. The summed E-state index contributed by atoms with van der Waals surface area (Å²) >= 11 is 0. The van der Waals surface area contributed by atoms with E-state index in [1.807, 2.05) is 0 Å². The molecule has 2 aliphatic heterocycles. The maximum atomic E-state index is 12.0. The van der Waals surface area contributed by atoms with Gasteiger partial charge < -0.3 is 9.84 Å². The number of aliphatic hydroxyl groups excluding tert-OH is 1. The molecule has 0 aromatic heterocycles. The molecule has 18 heavy (non-hydrogen) atoms. The number of rotatable bonds is 4. The van der Waals surface area contributed by atoms with Crippen molar-refractivity contribution < 1.29 is 18.8 Å². The summed E-state index contributed by atoms with van der Waals surface area (Å²) in [7, 11) is 1.50. The van der Waals surface area contributed by atoms with Gasteiger partial charge in [0.25, 0.3) is 0 Å². The average molecular weight is 306 g/mol. The smallest absolute Gasteiger partial charge is 0.323 e. The number of fused-ring (bicyclic) bond motifs is 1. The van der Waals surface area contributed by atoms with Gasteiger partial charge in [-0.25, -0.2) is 0 Å². The van der Waals surface area contributed by atoms with Gasteiger partial charge in [-0.3, -0.25) is 9.00 Å². The topological polar surface area (TPSA) is 63.6 Å². The summed E-state index contributed by atoms with van der Waals surface area (Å²) in [5.74, 6) is 0.228. The first kappa shape index (κ1) is 14.2. The summed E-state index contributed by atoms with van der Waals surface area (Å²) in [6.07, 6.45) is 3.26. The van der Waals surface area contributed by atoms with Crippen LogP contribution in [0.1, 0.15) is 6.42 Å². The first-order chi connectivity index (χ1) is 8.62. The molecule has 0 aromatic rings. The van der Waals surface area contributed by atoms with Crippen molar-refractivity contribution in [2.45, 2.75) is 22.5 Å². The van der Waals surface area contributed by atoms with Gasteiger partial charge in [0, 0.05) is 5.75 Å². The molecule has 2 unspecified atom stereocenters. The molecular formula is C11H14O4S3. The molecule has 0 aliphatic carbocycles. The molecule has 0 amide bonds. The fourth-order valence-electron chi connectivity index (χ4n) is 2.02. The molecule has 0 aromatic carbocycles. The summed E-state index contributed by atoms with van der Waals surface area (Å²) in [5, 5.41) is 10.9. The monoisotopic (exact) mass is 306 g/mol. The second-order valence-electron chi connectivity index (χ2n) is 4.04. The van der Waals surface area contributed by atoms with E-state index in [9.17, 15) is 14.1 Å². The number of aliphatic hydroxyl groups is 1. The van der Waals surface area contributed by atoms with Crippen molar-refractivity contribution in [1.29, 1.82) is 0 Å². The quantitative estimate of drug-likeness (QED) is 0.365. The molecule has 1 fully saturated rings. The van der Waals surface area contributed by atoms with E-state index in [1.54, 1.807) is 12.2 Å². The molecule has 2 aliphatic rings. The summed E-state index contributed by atoms with van der Waals surface area (Å²) in [6.45, 7) is 3.61. The predicted octanol–water partition coefficient (Wildman–Crippen LogP) is 1.24. The molecule has 100 valence electrons. The van der Waals surface area contributed by atoms with E-state index in [4.69, 9.17) is 4.74 Å². The van der Waals surface area contributed by atoms with Gasteiger partial charge in [-0.15, -0.1) is 6.58 Å². The Hall–Kier alpha value is -0.240. The standard InChI is InChI=1S/C11H14O4S3/c1-2-5-16-17-11-4-3-6-18(14)9(11)10(13)15-7-8(11)12/h2-3,6,8-9,12H,1,4-5,7H2/t8-,9?,11-,18?/m1/s1. The molecule has 2 rings (SSSR count). The molecule has 0 radical (unpaired) electrons. The van der Waals surface area contributed by atoms with E-state index < -0.39 is 32.9 Å². The predicted molar refractivity (Wildman–Crippen MR) is 75.6 cm³/mol. The third kappa shape index (κ3) is 2.41. The van der Waals surface area contributed by atoms with Crippen LogP contribution in [0.25, 0.3) is 0 Å². The van der Waals surface area contributed by atoms with E-state index in [2.05, 4.69) is 6.58 Å². The summed E-state index contributed by atoms with van der Waals surface area (Å²) in [5.41, 5.74) is 0. The minimum atomic E-state index is -1.43. The Kier molecular flexibility index (Phi) is 4.58. The third-order valence-corrected chi connectivity index (χ3v) is 7.76. The molecule has 4 nitrogen and oxygen atoms in total. The molecular weight excluding hydrogens is 292 g/mol. The summed E-state index contributed by atoms with van der Waals surface area (Å²) < 4.78 is 16.1. The Morgan fingerprint density at radius 2 is 2.50 bits per heavy atom. The molecule has 0 saturated carbocycles. The highest BCUT2D eigenvalue weighted by atomic mass is 33.1. The van der Waals surface area contributed by atoms with Gasteiger partial charge in [0.05, 0.1) is 15.5 Å². The van der Waals surface area contributed by atoms with Gasteiger partial charge in [0.2, 0.25) is 0 Å². The van der Waals surface area contributed by atoms with Crippen LogP contribution in [0.5, 0.6) is 0 Å². The van der Waals surface area contributed by atoms with Gasteiger partial charge in [0.15, 0.2) is 5.25 Å². The van der Waals surface area contributed by atoms with E-state index in [0.717, 1.165) is 0 Å². The van der Waals surface area contributed by atoms with E-state index in [1.165, 1.54) is 27.0 Å². The Balaban J connectivity index is 2.29. The zero-order valence-electron chi connectivity index (χ0n) is 9.61. The number of esters is 1. The normalized spacial score (nSPS) is 38.9. The van der Waals surface area contributed by atoms with Crippen molar-refractivity contribution >= 4 is 38.4 Å². The van der Waals surface area contributed by atoms with Crippen LogP contribution in [0, 0.1) is 0 Å². The van der Waals surface area contributed by atoms with Gasteiger partial charge in [0.1, 0.15) is 12.7 Å². The van der Waals surface area contributed by atoms with Crippen molar-refractivity contribution in [3.63, 3.8) is 0 Å². The van der Waals surface area contributed by atoms with Crippen LogP contribution in [0.15, 0.2) is 24.1 Å². The zero-order chi connectivity index (χ0) is 13.2. The van der Waals surface area contributed by atoms with Crippen molar-refractivity contribution in [3.8, 4) is 0 Å². The molecule has 0 bridgehead atoms. The van der Waals surface area contributed by atoms with Crippen LogP contribution in [0.4, 0.5) is 0 Å². The van der Waals surface area contributed by atoms with Gasteiger partial charge in [-0.2, -0.15) is 0 Å². The molecule has 1 N–H and O–H groups in total. The van der Waals surface area contributed by atoms with Crippen LogP contribution in [-0.2, 0) is 20.3 Å². The number of carbonyl (C=O) groups excluding carboxylic acids is 1. The fraction of sp³-hybridized carbons (Fsp3) is 0.545. The van der Waals surface area contributed by atoms with Crippen LogP contribution < -0.4 is 0 Å². The number of hydrogen-bond donors (Lipinski definition) is 1. The van der Waals surface area contributed by atoms with E-state index in [-0.39, 0.29) is 6.61 Å². The highest BCUT2D eigenvalue weighted by Gasteiger charge is 2.56. The van der Waals surface area contributed by atoms with Gasteiger partial charge >= 0.3 is 5.97 Å². The van der Waals surface area contributed by atoms with E-state index in [0.29, 0.717) is 12.2 Å².